The van der Waals surface area contributed by atoms with Crippen LogP contribution < -0.4 is 26.4 Å². The van der Waals surface area contributed by atoms with E-state index in [1.165, 1.54) is 11.3 Å². The monoisotopic (exact) mass is 473 g/mol. The predicted octanol–water partition coefficient (Wildman–Crippen LogP) is 2.95. The first-order valence-corrected chi connectivity index (χ1v) is 11.6. The summed E-state index contributed by atoms with van der Waals surface area (Å²) in [5.41, 5.74) is 15.2. The van der Waals surface area contributed by atoms with Crippen molar-refractivity contribution in [3.05, 3.63) is 46.5 Å². The molecule has 0 saturated carbocycles. The molecule has 2 aliphatic heterocycles. The Labute approximate surface area is 193 Å². The Hall–Kier alpha value is -2.98. The maximum atomic E-state index is 13.1. The van der Waals surface area contributed by atoms with Gasteiger partial charge in [-0.15, -0.1) is 11.3 Å². The molecule has 0 aliphatic carbocycles. The number of carbonyl (C=O) groups is 1. The largest absolute Gasteiger partial charge is 0.491 e. The van der Waals surface area contributed by atoms with Gasteiger partial charge in [-0.2, -0.15) is 0 Å². The summed E-state index contributed by atoms with van der Waals surface area (Å²) in [6.45, 7) is 2.81. The van der Waals surface area contributed by atoms with E-state index in [0.717, 1.165) is 27.2 Å². The molecule has 0 unspecified atom stereocenters. The van der Waals surface area contributed by atoms with Crippen LogP contribution in [0.4, 0.5) is 20.2 Å². The number of nitrogens with zero attached hydrogens (tertiary/aromatic N) is 2. The number of hydrogen-bond donors (Lipinski definition) is 3. The molecule has 3 atom stereocenters. The maximum Gasteiger partial charge on any atom is 0.263 e. The number of amides is 1. The Morgan fingerprint density at radius 2 is 2.12 bits per heavy atom. The lowest BCUT2D eigenvalue weighted by Gasteiger charge is -2.28. The van der Waals surface area contributed by atoms with E-state index >= 15 is 0 Å². The first-order valence-electron chi connectivity index (χ1n) is 10.8. The van der Waals surface area contributed by atoms with E-state index < -0.39 is 18.4 Å². The number of fused-ring (bicyclic) bond motifs is 2. The van der Waals surface area contributed by atoms with Crippen molar-refractivity contribution in [2.24, 2.45) is 11.7 Å². The molecule has 1 aromatic carbocycles. The van der Waals surface area contributed by atoms with Gasteiger partial charge in [-0.3, -0.25) is 4.79 Å². The summed E-state index contributed by atoms with van der Waals surface area (Å²) >= 11 is 1.28. The van der Waals surface area contributed by atoms with Gasteiger partial charge >= 0.3 is 0 Å². The lowest BCUT2D eigenvalue weighted by atomic mass is 10.0. The first kappa shape index (κ1) is 21.8. The Balaban J connectivity index is 1.27. The van der Waals surface area contributed by atoms with Crippen LogP contribution in [0.3, 0.4) is 0 Å². The number of nitrogens with two attached hydrogens (primary N) is 2. The van der Waals surface area contributed by atoms with Crippen LogP contribution in [0.1, 0.15) is 20.9 Å². The molecule has 33 heavy (non-hydrogen) atoms. The third-order valence-corrected chi connectivity index (χ3v) is 7.45. The molecule has 3 aromatic rings. The van der Waals surface area contributed by atoms with Crippen molar-refractivity contribution in [2.75, 3.05) is 30.3 Å². The molecular formula is C23H25F2N5O2S. The minimum Gasteiger partial charge on any atom is -0.491 e. The molecule has 10 heteroatoms. The zero-order valence-electron chi connectivity index (χ0n) is 18.1. The molecule has 0 radical (unpaired) electrons. The van der Waals surface area contributed by atoms with Gasteiger partial charge in [0.25, 0.3) is 5.91 Å². The number of carbonyl (C=O) groups excluding carboxylic acids is 1. The molecule has 174 valence electrons. The molecule has 1 saturated heterocycles. The highest BCUT2D eigenvalue weighted by atomic mass is 32.1. The normalized spacial score (nSPS) is 22.5. The summed E-state index contributed by atoms with van der Waals surface area (Å²) in [5.74, 6) is -0.374. The number of rotatable bonds is 4. The van der Waals surface area contributed by atoms with Gasteiger partial charge in [0.2, 0.25) is 6.43 Å². The van der Waals surface area contributed by atoms with Crippen molar-refractivity contribution in [3.63, 3.8) is 0 Å². The van der Waals surface area contributed by atoms with Gasteiger partial charge in [-0.25, -0.2) is 13.8 Å². The number of nitrogens with one attached hydrogen (secondary N) is 1. The number of aryl methyl sites for hydroxylation is 1. The molecule has 2 aliphatic rings. The quantitative estimate of drug-likeness (QED) is 0.538. The van der Waals surface area contributed by atoms with Crippen molar-refractivity contribution < 1.29 is 18.3 Å². The van der Waals surface area contributed by atoms with Crippen molar-refractivity contribution >= 4 is 38.8 Å². The molecule has 1 amide bonds. The number of anilines is 2. The summed E-state index contributed by atoms with van der Waals surface area (Å²) in [5, 5.41) is 3.80. The Bertz CT molecular complexity index is 1220. The summed E-state index contributed by atoms with van der Waals surface area (Å²) in [6, 6.07) is 8.67. The summed E-state index contributed by atoms with van der Waals surface area (Å²) in [7, 11) is 0. The highest BCUT2D eigenvalue weighted by Gasteiger charge is 2.37. The number of nitrogen functional groups attached to an aromatic ring is 1. The SMILES string of the molecule is Cc1ccc2c(N)c(C(=O)N[C@H]3COc4cc(N5C[C@@H](N)[C@H](C(F)F)C5)ccc4C3)sc2n1. The van der Waals surface area contributed by atoms with E-state index in [1.807, 2.05) is 42.2 Å². The van der Waals surface area contributed by atoms with Crippen LogP contribution in [-0.2, 0) is 6.42 Å². The van der Waals surface area contributed by atoms with Gasteiger partial charge in [0.05, 0.1) is 17.6 Å². The number of ether oxygens (including phenoxy) is 1. The van der Waals surface area contributed by atoms with Crippen molar-refractivity contribution in [2.45, 2.75) is 31.9 Å². The summed E-state index contributed by atoms with van der Waals surface area (Å²) in [4.78, 5) is 20.4. The first-order chi connectivity index (χ1) is 15.8. The van der Waals surface area contributed by atoms with E-state index in [-0.39, 0.29) is 18.5 Å². The van der Waals surface area contributed by atoms with E-state index in [9.17, 15) is 13.6 Å². The molecule has 7 nitrogen and oxygen atoms in total. The third kappa shape index (κ3) is 4.08. The van der Waals surface area contributed by atoms with E-state index in [0.29, 0.717) is 35.9 Å². The number of benzene rings is 1. The summed E-state index contributed by atoms with van der Waals surface area (Å²) < 4.78 is 32.2. The molecule has 5 rings (SSSR count). The fourth-order valence-corrected chi connectivity index (χ4v) is 5.53. The van der Waals surface area contributed by atoms with Crippen molar-refractivity contribution in [1.82, 2.24) is 10.3 Å². The van der Waals surface area contributed by atoms with Gasteiger partial charge < -0.3 is 26.4 Å². The van der Waals surface area contributed by atoms with Gasteiger partial charge in [0, 0.05) is 42.0 Å². The number of halogens is 2. The zero-order chi connectivity index (χ0) is 23.3. The third-order valence-electron chi connectivity index (χ3n) is 6.33. The van der Waals surface area contributed by atoms with Crippen LogP contribution >= 0.6 is 11.3 Å². The van der Waals surface area contributed by atoms with E-state index in [2.05, 4.69) is 10.3 Å². The van der Waals surface area contributed by atoms with Gasteiger partial charge in [-0.1, -0.05) is 6.07 Å². The van der Waals surface area contributed by atoms with Gasteiger partial charge in [-0.05, 0) is 37.1 Å². The Morgan fingerprint density at radius 1 is 1.30 bits per heavy atom. The van der Waals surface area contributed by atoms with Crippen LogP contribution in [0.5, 0.6) is 5.75 Å². The molecule has 1 fully saturated rings. The Kier molecular flexibility index (Phi) is 5.57. The van der Waals surface area contributed by atoms with Crippen molar-refractivity contribution in [1.29, 1.82) is 0 Å². The summed E-state index contributed by atoms with van der Waals surface area (Å²) in [6.07, 6.45) is -1.83. The lowest BCUT2D eigenvalue weighted by Crippen LogP contribution is -2.42. The second kappa shape index (κ2) is 8.42. The van der Waals surface area contributed by atoms with Crippen LogP contribution in [0, 0.1) is 12.8 Å². The average molecular weight is 474 g/mol. The van der Waals surface area contributed by atoms with Crippen LogP contribution in [0.2, 0.25) is 0 Å². The standard InChI is InChI=1S/C23H25F2N5O2S/c1-11-2-5-15-19(27)20(33-23(15)28-11)22(31)29-13-6-12-3-4-14(7-18(12)32-10-13)30-8-16(21(24)25)17(26)9-30/h2-5,7,13,16-17,21H,6,8-10,26-27H2,1H3,(H,29,31)/t13-,16-,17-/m1/s1. The predicted molar refractivity (Wildman–Crippen MR) is 125 cm³/mol. The Morgan fingerprint density at radius 3 is 2.88 bits per heavy atom. The van der Waals surface area contributed by atoms with E-state index in [4.69, 9.17) is 16.2 Å². The molecule has 0 spiro atoms. The molecule has 2 aromatic heterocycles. The minimum absolute atomic E-state index is 0.210. The number of alkyl halides is 2. The fourth-order valence-electron chi connectivity index (χ4n) is 4.49. The minimum atomic E-state index is -2.43. The van der Waals surface area contributed by atoms with Crippen LogP contribution in [0.25, 0.3) is 10.2 Å². The van der Waals surface area contributed by atoms with Crippen molar-refractivity contribution in [3.8, 4) is 5.75 Å². The average Bonchev–Trinajstić information content (AvgIpc) is 3.33. The molecular weight excluding hydrogens is 448 g/mol. The van der Waals surface area contributed by atoms with Crippen LogP contribution in [0.15, 0.2) is 30.3 Å². The second-order valence-electron chi connectivity index (χ2n) is 8.69. The zero-order valence-corrected chi connectivity index (χ0v) is 18.9. The second-order valence-corrected chi connectivity index (χ2v) is 9.69. The smallest absolute Gasteiger partial charge is 0.263 e. The van der Waals surface area contributed by atoms with Crippen LogP contribution in [-0.4, -0.2) is 49.1 Å². The molecule has 0 bridgehead atoms. The highest BCUT2D eigenvalue weighted by molar-refractivity contribution is 7.21. The number of aromatic nitrogens is 1. The maximum absolute atomic E-state index is 13.1. The highest BCUT2D eigenvalue weighted by Crippen LogP contribution is 2.35. The molecule has 5 N–H and O–H groups in total. The van der Waals surface area contributed by atoms with E-state index in [1.54, 1.807) is 0 Å². The van der Waals surface area contributed by atoms with Gasteiger partial charge in [0.15, 0.2) is 0 Å². The fraction of sp³-hybridized carbons (Fsp3) is 0.391. The van der Waals surface area contributed by atoms with Gasteiger partial charge in [0.1, 0.15) is 22.1 Å². The topological polar surface area (TPSA) is 106 Å². The number of hydrogen-bond acceptors (Lipinski definition) is 7. The molecule has 4 heterocycles. The lowest BCUT2D eigenvalue weighted by molar-refractivity contribution is 0.0804. The number of thiophene rings is 1. The number of pyridine rings is 1.